The van der Waals surface area contributed by atoms with Crippen molar-refractivity contribution in [2.24, 2.45) is 0 Å². The van der Waals surface area contributed by atoms with E-state index in [9.17, 15) is 9.18 Å². The predicted octanol–water partition coefficient (Wildman–Crippen LogP) is 4.01. The van der Waals surface area contributed by atoms with E-state index in [1.165, 1.54) is 12.1 Å². The Hall–Kier alpha value is -1.48. The molecule has 0 spiro atoms. The first-order chi connectivity index (χ1) is 8.16. The minimum Gasteiger partial charge on any atom is -0.294 e. The molecule has 0 aliphatic carbocycles. The van der Waals surface area contributed by atoms with Crippen molar-refractivity contribution in [3.8, 4) is 0 Å². The van der Waals surface area contributed by atoms with E-state index in [1.807, 2.05) is 30.3 Å². The SMILES string of the molecule is O=C(Cc1ccccc1)c1cc(F)ccc1Br. The van der Waals surface area contributed by atoms with Crippen LogP contribution in [0.2, 0.25) is 0 Å². The summed E-state index contributed by atoms with van der Waals surface area (Å²) in [5, 5.41) is 0. The van der Waals surface area contributed by atoms with Crippen LogP contribution in [0.15, 0.2) is 53.0 Å². The summed E-state index contributed by atoms with van der Waals surface area (Å²) in [5.74, 6) is -0.493. The van der Waals surface area contributed by atoms with E-state index in [4.69, 9.17) is 0 Å². The first kappa shape index (κ1) is 12.0. The van der Waals surface area contributed by atoms with Crippen molar-refractivity contribution in [2.75, 3.05) is 0 Å². The van der Waals surface area contributed by atoms with Gasteiger partial charge in [-0.3, -0.25) is 4.79 Å². The van der Waals surface area contributed by atoms with Crippen LogP contribution in [0, 0.1) is 5.82 Å². The van der Waals surface area contributed by atoms with Gasteiger partial charge in [-0.15, -0.1) is 0 Å². The van der Waals surface area contributed by atoms with E-state index < -0.39 is 5.82 Å². The molecule has 0 saturated carbocycles. The highest BCUT2D eigenvalue weighted by Gasteiger charge is 2.11. The molecule has 0 fully saturated rings. The highest BCUT2D eigenvalue weighted by molar-refractivity contribution is 9.10. The van der Waals surface area contributed by atoms with Gasteiger partial charge in [0.25, 0.3) is 0 Å². The fourth-order valence-electron chi connectivity index (χ4n) is 1.59. The van der Waals surface area contributed by atoms with Crippen LogP contribution in [-0.4, -0.2) is 5.78 Å². The lowest BCUT2D eigenvalue weighted by atomic mass is 10.0. The molecule has 0 aliphatic rings. The van der Waals surface area contributed by atoms with Crippen molar-refractivity contribution in [1.82, 2.24) is 0 Å². The molecule has 3 heteroatoms. The maximum absolute atomic E-state index is 13.1. The Morgan fingerprint density at radius 2 is 1.82 bits per heavy atom. The zero-order valence-electron chi connectivity index (χ0n) is 8.99. The molecule has 1 nitrogen and oxygen atoms in total. The summed E-state index contributed by atoms with van der Waals surface area (Å²) in [6.07, 6.45) is 0.281. The Morgan fingerprint density at radius 1 is 1.12 bits per heavy atom. The second-order valence-electron chi connectivity index (χ2n) is 3.71. The Morgan fingerprint density at radius 3 is 2.53 bits per heavy atom. The molecule has 2 aromatic rings. The van der Waals surface area contributed by atoms with Crippen molar-refractivity contribution >= 4 is 21.7 Å². The number of benzene rings is 2. The van der Waals surface area contributed by atoms with Crippen molar-refractivity contribution in [3.05, 3.63) is 69.9 Å². The van der Waals surface area contributed by atoms with E-state index in [2.05, 4.69) is 15.9 Å². The van der Waals surface area contributed by atoms with Gasteiger partial charge in [0, 0.05) is 16.5 Å². The standard InChI is InChI=1S/C14H10BrFO/c15-13-7-6-11(16)9-12(13)14(17)8-10-4-2-1-3-5-10/h1-7,9H,8H2. The van der Waals surface area contributed by atoms with Crippen LogP contribution in [0.1, 0.15) is 15.9 Å². The third-order valence-electron chi connectivity index (χ3n) is 2.44. The Kier molecular flexibility index (Phi) is 3.69. The Bertz CT molecular complexity index is 537. The van der Waals surface area contributed by atoms with E-state index in [0.717, 1.165) is 5.56 Å². The molecule has 0 saturated heterocycles. The van der Waals surface area contributed by atoms with Crippen LogP contribution < -0.4 is 0 Å². The molecule has 0 amide bonds. The van der Waals surface area contributed by atoms with Gasteiger partial charge in [-0.1, -0.05) is 46.3 Å². The fourth-order valence-corrected chi connectivity index (χ4v) is 2.06. The number of rotatable bonds is 3. The minimum absolute atomic E-state index is 0.0948. The number of ketones is 1. The molecule has 0 aromatic heterocycles. The zero-order valence-corrected chi connectivity index (χ0v) is 10.6. The van der Waals surface area contributed by atoms with Crippen molar-refractivity contribution in [3.63, 3.8) is 0 Å². The second-order valence-corrected chi connectivity index (χ2v) is 4.56. The van der Waals surface area contributed by atoms with E-state index >= 15 is 0 Å². The second kappa shape index (κ2) is 5.23. The monoisotopic (exact) mass is 292 g/mol. The number of hydrogen-bond acceptors (Lipinski definition) is 1. The van der Waals surface area contributed by atoms with Crippen molar-refractivity contribution in [1.29, 1.82) is 0 Å². The summed E-state index contributed by atoms with van der Waals surface area (Å²) in [5.41, 5.74) is 1.31. The summed E-state index contributed by atoms with van der Waals surface area (Å²) in [4.78, 5) is 12.0. The number of carbonyl (C=O) groups is 1. The zero-order chi connectivity index (χ0) is 12.3. The highest BCUT2D eigenvalue weighted by atomic mass is 79.9. The maximum atomic E-state index is 13.1. The Balaban J connectivity index is 2.23. The van der Waals surface area contributed by atoms with E-state index in [0.29, 0.717) is 10.0 Å². The van der Waals surface area contributed by atoms with Gasteiger partial charge in [-0.25, -0.2) is 4.39 Å². The van der Waals surface area contributed by atoms with Gasteiger partial charge in [0.1, 0.15) is 5.82 Å². The number of halogens is 2. The molecule has 0 heterocycles. The molecule has 0 aliphatic heterocycles. The predicted molar refractivity (Wildman–Crippen MR) is 68.6 cm³/mol. The molecule has 2 rings (SSSR count). The van der Waals surface area contributed by atoms with E-state index in [1.54, 1.807) is 6.07 Å². The summed E-state index contributed by atoms with van der Waals surface area (Å²) >= 11 is 3.26. The number of carbonyl (C=O) groups excluding carboxylic acids is 1. The van der Waals surface area contributed by atoms with Crippen LogP contribution in [0.25, 0.3) is 0 Å². The third kappa shape index (κ3) is 3.01. The molecule has 2 aromatic carbocycles. The maximum Gasteiger partial charge on any atom is 0.168 e. The molecular formula is C14H10BrFO. The highest BCUT2D eigenvalue weighted by Crippen LogP contribution is 2.19. The van der Waals surface area contributed by atoms with Crippen LogP contribution >= 0.6 is 15.9 Å². The van der Waals surface area contributed by atoms with Crippen LogP contribution in [0.5, 0.6) is 0 Å². The number of hydrogen-bond donors (Lipinski definition) is 0. The van der Waals surface area contributed by atoms with Gasteiger partial charge >= 0.3 is 0 Å². The lowest BCUT2D eigenvalue weighted by Crippen LogP contribution is -2.04. The summed E-state index contributed by atoms with van der Waals surface area (Å²) < 4.78 is 13.7. The lowest BCUT2D eigenvalue weighted by molar-refractivity contribution is 0.0992. The van der Waals surface area contributed by atoms with Gasteiger partial charge in [-0.05, 0) is 23.8 Å². The molecule has 17 heavy (non-hydrogen) atoms. The average molecular weight is 293 g/mol. The van der Waals surface area contributed by atoms with Crippen LogP contribution in [0.3, 0.4) is 0 Å². The normalized spacial score (nSPS) is 10.2. The molecule has 0 bridgehead atoms. The van der Waals surface area contributed by atoms with Gasteiger partial charge in [-0.2, -0.15) is 0 Å². The molecule has 86 valence electrons. The van der Waals surface area contributed by atoms with Gasteiger partial charge in [0.05, 0.1) is 0 Å². The average Bonchev–Trinajstić information content (AvgIpc) is 2.33. The molecule has 0 N–H and O–H groups in total. The van der Waals surface area contributed by atoms with Gasteiger partial charge < -0.3 is 0 Å². The first-order valence-electron chi connectivity index (χ1n) is 5.19. The number of Topliss-reactive ketones (excluding diaryl/α,β-unsaturated/α-hetero) is 1. The topological polar surface area (TPSA) is 17.1 Å². The quantitative estimate of drug-likeness (QED) is 0.781. The molecule has 0 atom stereocenters. The van der Waals surface area contributed by atoms with Crippen molar-refractivity contribution < 1.29 is 9.18 Å². The molecule has 0 radical (unpaired) electrons. The largest absolute Gasteiger partial charge is 0.294 e. The Labute approximate surface area is 107 Å². The lowest BCUT2D eigenvalue weighted by Gasteiger charge is -2.04. The van der Waals surface area contributed by atoms with Gasteiger partial charge in [0.15, 0.2) is 5.78 Å². The van der Waals surface area contributed by atoms with Crippen LogP contribution in [0.4, 0.5) is 4.39 Å². The summed E-state index contributed by atoms with van der Waals surface area (Å²) in [6, 6.07) is 13.5. The summed E-state index contributed by atoms with van der Waals surface area (Å²) in [6.45, 7) is 0. The van der Waals surface area contributed by atoms with Crippen LogP contribution in [-0.2, 0) is 6.42 Å². The van der Waals surface area contributed by atoms with Gasteiger partial charge in [0.2, 0.25) is 0 Å². The van der Waals surface area contributed by atoms with Crippen molar-refractivity contribution in [2.45, 2.75) is 6.42 Å². The fraction of sp³-hybridized carbons (Fsp3) is 0.0714. The molecule has 0 unspecified atom stereocenters. The summed E-state index contributed by atoms with van der Waals surface area (Å²) in [7, 11) is 0. The molecular weight excluding hydrogens is 283 g/mol. The van der Waals surface area contributed by atoms with E-state index in [-0.39, 0.29) is 12.2 Å². The smallest absolute Gasteiger partial charge is 0.168 e. The third-order valence-corrected chi connectivity index (χ3v) is 3.13. The first-order valence-corrected chi connectivity index (χ1v) is 5.98. The minimum atomic E-state index is -0.399.